The largest absolute Gasteiger partial charge is 0.378 e. The average molecular weight is 248 g/mol. The fraction of sp³-hybridized carbons (Fsp3) is 0.364. The van der Waals surface area contributed by atoms with Crippen molar-refractivity contribution in [2.24, 2.45) is 14.1 Å². The van der Waals surface area contributed by atoms with Crippen molar-refractivity contribution in [2.75, 3.05) is 0 Å². The van der Waals surface area contributed by atoms with Gasteiger partial charge in [-0.15, -0.1) is 6.42 Å². The fourth-order valence-electron chi connectivity index (χ4n) is 1.77. The standard InChI is InChI=1S/C11H12N4O3/c1-4-7(16)5-15-6-12-9-8(15)10(17)14(3)11(18)13(9)2/h1,6-7,16H,5H2,2-3H3. The second-order valence-corrected chi connectivity index (χ2v) is 3.96. The molecule has 0 bridgehead atoms. The Morgan fingerprint density at radius 2 is 2.11 bits per heavy atom. The fourth-order valence-corrected chi connectivity index (χ4v) is 1.77. The summed E-state index contributed by atoms with van der Waals surface area (Å²) in [6, 6.07) is 0. The van der Waals surface area contributed by atoms with Gasteiger partial charge in [0.2, 0.25) is 0 Å². The summed E-state index contributed by atoms with van der Waals surface area (Å²) in [6.07, 6.45) is 5.45. The van der Waals surface area contributed by atoms with Crippen LogP contribution in [0.15, 0.2) is 15.9 Å². The topological polar surface area (TPSA) is 82.1 Å². The summed E-state index contributed by atoms with van der Waals surface area (Å²) in [5.41, 5.74) is -0.397. The van der Waals surface area contributed by atoms with E-state index < -0.39 is 17.4 Å². The zero-order valence-corrected chi connectivity index (χ0v) is 9.99. The maximum absolute atomic E-state index is 12.0. The van der Waals surface area contributed by atoms with E-state index in [9.17, 15) is 14.7 Å². The molecule has 2 heterocycles. The molecule has 0 aliphatic rings. The van der Waals surface area contributed by atoms with Gasteiger partial charge in [0.05, 0.1) is 12.9 Å². The molecule has 0 saturated heterocycles. The summed E-state index contributed by atoms with van der Waals surface area (Å²) >= 11 is 0. The summed E-state index contributed by atoms with van der Waals surface area (Å²) in [5.74, 6) is 2.16. The summed E-state index contributed by atoms with van der Waals surface area (Å²) in [7, 11) is 2.91. The van der Waals surface area contributed by atoms with Crippen LogP contribution in [-0.2, 0) is 20.6 Å². The van der Waals surface area contributed by atoms with Crippen molar-refractivity contribution in [1.29, 1.82) is 0 Å². The van der Waals surface area contributed by atoms with E-state index >= 15 is 0 Å². The van der Waals surface area contributed by atoms with Crippen molar-refractivity contribution in [1.82, 2.24) is 18.7 Å². The maximum Gasteiger partial charge on any atom is 0.332 e. The summed E-state index contributed by atoms with van der Waals surface area (Å²) in [6.45, 7) is 0.0560. The number of terminal acetylenes is 1. The third-order valence-corrected chi connectivity index (χ3v) is 2.78. The highest BCUT2D eigenvalue weighted by Crippen LogP contribution is 2.06. The van der Waals surface area contributed by atoms with E-state index in [2.05, 4.69) is 10.9 Å². The minimum atomic E-state index is -1.01. The lowest BCUT2D eigenvalue weighted by Gasteiger charge is -2.07. The van der Waals surface area contributed by atoms with Gasteiger partial charge in [-0.1, -0.05) is 5.92 Å². The monoisotopic (exact) mass is 248 g/mol. The summed E-state index contributed by atoms with van der Waals surface area (Å²) < 4.78 is 3.71. The zero-order chi connectivity index (χ0) is 13.4. The van der Waals surface area contributed by atoms with E-state index in [0.717, 1.165) is 4.57 Å². The van der Waals surface area contributed by atoms with Crippen molar-refractivity contribution in [3.8, 4) is 12.3 Å². The Kier molecular flexibility index (Phi) is 2.80. The molecule has 0 fully saturated rings. The van der Waals surface area contributed by atoms with Gasteiger partial charge in [0.25, 0.3) is 5.56 Å². The van der Waals surface area contributed by atoms with E-state index in [1.165, 1.54) is 29.6 Å². The second-order valence-electron chi connectivity index (χ2n) is 3.96. The Morgan fingerprint density at radius 1 is 1.44 bits per heavy atom. The minimum Gasteiger partial charge on any atom is -0.378 e. The third kappa shape index (κ3) is 1.63. The highest BCUT2D eigenvalue weighted by atomic mass is 16.3. The lowest BCUT2D eigenvalue weighted by atomic mass is 10.3. The first-order valence-electron chi connectivity index (χ1n) is 5.22. The van der Waals surface area contributed by atoms with Crippen molar-refractivity contribution < 1.29 is 5.11 Å². The molecule has 0 saturated carbocycles. The molecule has 1 atom stereocenters. The Labute approximate surface area is 102 Å². The smallest absolute Gasteiger partial charge is 0.332 e. The van der Waals surface area contributed by atoms with E-state index in [0.29, 0.717) is 0 Å². The van der Waals surface area contributed by atoms with E-state index in [1.807, 2.05) is 0 Å². The number of hydrogen-bond acceptors (Lipinski definition) is 4. The molecule has 1 unspecified atom stereocenters. The van der Waals surface area contributed by atoms with Gasteiger partial charge < -0.3 is 9.67 Å². The summed E-state index contributed by atoms with van der Waals surface area (Å²) in [4.78, 5) is 27.7. The van der Waals surface area contributed by atoms with Crippen LogP contribution in [0.5, 0.6) is 0 Å². The highest BCUT2D eigenvalue weighted by Gasteiger charge is 2.15. The van der Waals surface area contributed by atoms with Crippen LogP contribution in [0.2, 0.25) is 0 Å². The Hall–Kier alpha value is -2.33. The van der Waals surface area contributed by atoms with Gasteiger partial charge in [-0.3, -0.25) is 13.9 Å². The molecule has 2 aromatic heterocycles. The molecule has 1 N–H and O–H groups in total. The van der Waals surface area contributed by atoms with Crippen LogP contribution in [0.25, 0.3) is 11.2 Å². The number of hydrogen-bond donors (Lipinski definition) is 1. The molecular weight excluding hydrogens is 236 g/mol. The van der Waals surface area contributed by atoms with Gasteiger partial charge in [-0.05, 0) is 0 Å². The predicted molar refractivity (Wildman–Crippen MR) is 65.1 cm³/mol. The number of rotatable bonds is 2. The first kappa shape index (κ1) is 12.1. The van der Waals surface area contributed by atoms with Crippen molar-refractivity contribution in [3.05, 3.63) is 27.2 Å². The highest BCUT2D eigenvalue weighted by molar-refractivity contribution is 5.69. The molecule has 0 amide bonds. The number of aliphatic hydroxyl groups excluding tert-OH is 1. The van der Waals surface area contributed by atoms with E-state index in [-0.39, 0.29) is 17.7 Å². The van der Waals surface area contributed by atoms with Gasteiger partial charge in [-0.25, -0.2) is 9.78 Å². The number of fused-ring (bicyclic) bond motifs is 1. The number of aromatic nitrogens is 4. The normalized spacial score (nSPS) is 12.6. The zero-order valence-electron chi connectivity index (χ0n) is 9.99. The van der Waals surface area contributed by atoms with Crippen LogP contribution >= 0.6 is 0 Å². The molecule has 7 heteroatoms. The molecule has 0 aromatic carbocycles. The maximum atomic E-state index is 12.0. The second kappa shape index (κ2) is 4.16. The van der Waals surface area contributed by atoms with Crippen molar-refractivity contribution in [2.45, 2.75) is 12.6 Å². The first-order valence-corrected chi connectivity index (χ1v) is 5.22. The lowest BCUT2D eigenvalue weighted by Crippen LogP contribution is -2.37. The number of imidazole rings is 1. The minimum absolute atomic E-state index is 0.0560. The molecule has 7 nitrogen and oxygen atoms in total. The van der Waals surface area contributed by atoms with E-state index in [1.54, 1.807) is 0 Å². The van der Waals surface area contributed by atoms with Crippen LogP contribution in [-0.4, -0.2) is 29.9 Å². The van der Waals surface area contributed by atoms with Gasteiger partial charge >= 0.3 is 5.69 Å². The van der Waals surface area contributed by atoms with Gasteiger partial charge in [0.15, 0.2) is 11.2 Å². The number of aryl methyl sites for hydroxylation is 1. The van der Waals surface area contributed by atoms with Gasteiger partial charge in [0, 0.05) is 14.1 Å². The Balaban J connectivity index is 2.79. The van der Waals surface area contributed by atoms with Gasteiger partial charge in [-0.2, -0.15) is 0 Å². The molecular formula is C11H12N4O3. The number of nitrogens with zero attached hydrogens (tertiary/aromatic N) is 4. The molecule has 0 aliphatic heterocycles. The van der Waals surface area contributed by atoms with Crippen molar-refractivity contribution in [3.63, 3.8) is 0 Å². The molecule has 0 aliphatic carbocycles. The average Bonchev–Trinajstić information content (AvgIpc) is 2.77. The van der Waals surface area contributed by atoms with Crippen LogP contribution in [0.1, 0.15) is 0 Å². The third-order valence-electron chi connectivity index (χ3n) is 2.78. The van der Waals surface area contributed by atoms with Crippen LogP contribution in [0.3, 0.4) is 0 Å². The Morgan fingerprint density at radius 3 is 2.72 bits per heavy atom. The van der Waals surface area contributed by atoms with Crippen LogP contribution in [0.4, 0.5) is 0 Å². The molecule has 2 aromatic rings. The predicted octanol–water partition coefficient (Wildman–Crippen LogP) is -1.57. The molecule has 18 heavy (non-hydrogen) atoms. The van der Waals surface area contributed by atoms with Crippen LogP contribution in [0, 0.1) is 12.3 Å². The molecule has 0 spiro atoms. The lowest BCUT2D eigenvalue weighted by molar-refractivity contribution is 0.212. The van der Waals surface area contributed by atoms with Crippen molar-refractivity contribution >= 4 is 11.2 Å². The van der Waals surface area contributed by atoms with Gasteiger partial charge in [0.1, 0.15) is 6.10 Å². The summed E-state index contributed by atoms with van der Waals surface area (Å²) in [5, 5.41) is 9.41. The number of aliphatic hydroxyl groups is 1. The quantitative estimate of drug-likeness (QED) is 0.651. The molecule has 2 rings (SSSR count). The van der Waals surface area contributed by atoms with E-state index in [4.69, 9.17) is 6.42 Å². The molecule has 94 valence electrons. The molecule has 0 radical (unpaired) electrons. The SMILES string of the molecule is C#CC(O)Cn1cnc2c1c(=O)n(C)c(=O)n2C. The first-order chi connectivity index (χ1) is 8.47. The Bertz CT molecular complexity index is 759. The van der Waals surface area contributed by atoms with Crippen LogP contribution < -0.4 is 11.2 Å².